The molecule has 3 nitrogen and oxygen atoms in total. The van der Waals surface area contributed by atoms with Crippen LogP contribution in [-0.4, -0.2) is 28.9 Å². The van der Waals surface area contributed by atoms with Gasteiger partial charge in [-0.3, -0.25) is 9.80 Å². The van der Waals surface area contributed by atoms with Gasteiger partial charge in [-0.15, -0.1) is 0 Å². The van der Waals surface area contributed by atoms with Crippen LogP contribution < -0.4 is 0 Å². The molecule has 0 fully saturated rings. The molecule has 0 radical (unpaired) electrons. The Morgan fingerprint density at radius 3 is 1.71 bits per heavy atom. The number of rotatable bonds is 0. The zero-order valence-electron chi connectivity index (χ0n) is 7.84. The second-order valence-electron chi connectivity index (χ2n) is 3.13. The molecule has 14 heavy (non-hydrogen) atoms. The lowest BCUT2D eigenvalue weighted by Crippen LogP contribution is -2.38. The van der Waals surface area contributed by atoms with E-state index in [-0.39, 0.29) is 6.03 Å². The summed E-state index contributed by atoms with van der Waals surface area (Å²) in [6, 6.07) is 0.0196. The van der Waals surface area contributed by atoms with Gasteiger partial charge in [-0.2, -0.15) is 0 Å². The zero-order valence-corrected chi connectivity index (χ0v) is 7.84. The molecule has 2 rings (SSSR count). The van der Waals surface area contributed by atoms with E-state index in [0.29, 0.717) is 13.1 Å². The lowest BCUT2D eigenvalue weighted by Gasteiger charge is -2.26. The van der Waals surface area contributed by atoms with Gasteiger partial charge in [0.2, 0.25) is 0 Å². The second kappa shape index (κ2) is 3.96. The highest BCUT2D eigenvalue weighted by Crippen LogP contribution is 2.07. The van der Waals surface area contributed by atoms with Crippen LogP contribution in [0.5, 0.6) is 0 Å². The van der Waals surface area contributed by atoms with E-state index in [9.17, 15) is 4.79 Å². The standard InChI is InChI=1S/C11H12N2O/c14-11(12-7-3-1-4-8-12)13-9-5-2-6-10-13/h1-7,9H,8,10H2. The first-order valence-corrected chi connectivity index (χ1v) is 4.62. The smallest absolute Gasteiger partial charge is 0.297 e. The summed E-state index contributed by atoms with van der Waals surface area (Å²) in [5.41, 5.74) is 0. The fourth-order valence-corrected chi connectivity index (χ4v) is 1.38. The largest absolute Gasteiger partial charge is 0.328 e. The maximum Gasteiger partial charge on any atom is 0.328 e. The van der Waals surface area contributed by atoms with Gasteiger partial charge < -0.3 is 0 Å². The van der Waals surface area contributed by atoms with E-state index < -0.39 is 0 Å². The van der Waals surface area contributed by atoms with Crippen molar-refractivity contribution < 1.29 is 4.79 Å². The Hall–Kier alpha value is -1.77. The van der Waals surface area contributed by atoms with Crippen molar-refractivity contribution in [3.05, 3.63) is 48.9 Å². The summed E-state index contributed by atoms with van der Waals surface area (Å²) in [4.78, 5) is 15.2. The Kier molecular flexibility index (Phi) is 2.49. The molecule has 0 aliphatic carbocycles. The number of hydrogen-bond acceptors (Lipinski definition) is 1. The van der Waals surface area contributed by atoms with Gasteiger partial charge in [-0.05, 0) is 12.2 Å². The van der Waals surface area contributed by atoms with Crippen LogP contribution in [0.4, 0.5) is 4.79 Å². The molecule has 0 unspecified atom stereocenters. The monoisotopic (exact) mass is 188 g/mol. The van der Waals surface area contributed by atoms with E-state index in [1.54, 1.807) is 22.2 Å². The van der Waals surface area contributed by atoms with Gasteiger partial charge in [0.15, 0.2) is 0 Å². The van der Waals surface area contributed by atoms with Gasteiger partial charge in [0.25, 0.3) is 0 Å². The molecule has 0 saturated carbocycles. The van der Waals surface area contributed by atoms with E-state index in [1.807, 2.05) is 36.5 Å². The minimum Gasteiger partial charge on any atom is -0.297 e. The van der Waals surface area contributed by atoms with Crippen LogP contribution in [0.15, 0.2) is 48.9 Å². The Bertz CT molecular complexity index is 307. The average Bonchev–Trinajstić information content (AvgIpc) is 2.30. The molecule has 3 heteroatoms. The molecular weight excluding hydrogens is 176 g/mol. The predicted octanol–water partition coefficient (Wildman–Crippen LogP) is 1.88. The van der Waals surface area contributed by atoms with Crippen molar-refractivity contribution in [1.29, 1.82) is 0 Å². The van der Waals surface area contributed by atoms with Crippen molar-refractivity contribution >= 4 is 6.03 Å². The Morgan fingerprint density at radius 1 is 0.857 bits per heavy atom. The highest BCUT2D eigenvalue weighted by atomic mass is 16.2. The number of allylic oxidation sites excluding steroid dienone is 4. The summed E-state index contributed by atoms with van der Waals surface area (Å²) in [5.74, 6) is 0. The van der Waals surface area contributed by atoms with Crippen LogP contribution in [0.1, 0.15) is 0 Å². The first-order valence-electron chi connectivity index (χ1n) is 4.62. The van der Waals surface area contributed by atoms with Crippen LogP contribution in [0.25, 0.3) is 0 Å². The van der Waals surface area contributed by atoms with Gasteiger partial charge in [-0.1, -0.05) is 24.3 Å². The lowest BCUT2D eigenvalue weighted by molar-refractivity contribution is 0.193. The van der Waals surface area contributed by atoms with Crippen molar-refractivity contribution in [1.82, 2.24) is 9.80 Å². The van der Waals surface area contributed by atoms with Gasteiger partial charge in [0, 0.05) is 25.5 Å². The van der Waals surface area contributed by atoms with E-state index in [2.05, 4.69) is 0 Å². The third-order valence-electron chi connectivity index (χ3n) is 2.12. The number of nitrogens with zero attached hydrogens (tertiary/aromatic N) is 2. The van der Waals surface area contributed by atoms with Gasteiger partial charge in [0.1, 0.15) is 0 Å². The van der Waals surface area contributed by atoms with Crippen molar-refractivity contribution in [3.63, 3.8) is 0 Å². The summed E-state index contributed by atoms with van der Waals surface area (Å²) in [7, 11) is 0. The topological polar surface area (TPSA) is 23.6 Å². The second-order valence-corrected chi connectivity index (χ2v) is 3.13. The fourth-order valence-electron chi connectivity index (χ4n) is 1.38. The van der Waals surface area contributed by atoms with Crippen molar-refractivity contribution in [2.45, 2.75) is 0 Å². The first kappa shape index (κ1) is 8.81. The van der Waals surface area contributed by atoms with Crippen LogP contribution >= 0.6 is 0 Å². The number of carbonyl (C=O) groups excluding carboxylic acids is 1. The van der Waals surface area contributed by atoms with Crippen molar-refractivity contribution in [2.75, 3.05) is 13.1 Å². The van der Waals surface area contributed by atoms with Crippen LogP contribution in [0.3, 0.4) is 0 Å². The molecule has 0 spiro atoms. The van der Waals surface area contributed by atoms with Crippen molar-refractivity contribution in [2.24, 2.45) is 0 Å². The number of carbonyl (C=O) groups is 1. The SMILES string of the molecule is O=C(N1C=CC=CC1)N1C=CC=CC1. The lowest BCUT2D eigenvalue weighted by atomic mass is 10.3. The molecule has 2 amide bonds. The van der Waals surface area contributed by atoms with Gasteiger partial charge in [-0.25, -0.2) is 4.79 Å². The molecule has 0 bridgehead atoms. The molecule has 0 aromatic rings. The summed E-state index contributed by atoms with van der Waals surface area (Å²) in [6.07, 6.45) is 15.1. The normalized spacial score (nSPS) is 19.1. The molecule has 0 N–H and O–H groups in total. The molecule has 2 heterocycles. The number of amides is 2. The maximum absolute atomic E-state index is 11.8. The summed E-state index contributed by atoms with van der Waals surface area (Å²) >= 11 is 0. The van der Waals surface area contributed by atoms with E-state index >= 15 is 0 Å². The fraction of sp³-hybridized carbons (Fsp3) is 0.182. The summed E-state index contributed by atoms with van der Waals surface area (Å²) in [5, 5.41) is 0. The Balaban J connectivity index is 2.01. The number of hydrogen-bond donors (Lipinski definition) is 0. The Morgan fingerprint density at radius 2 is 1.36 bits per heavy atom. The molecular formula is C11H12N2O. The third kappa shape index (κ3) is 1.76. The predicted molar refractivity (Wildman–Crippen MR) is 55.4 cm³/mol. The summed E-state index contributed by atoms with van der Waals surface area (Å²) in [6.45, 7) is 1.31. The van der Waals surface area contributed by atoms with Gasteiger partial charge in [0.05, 0.1) is 0 Å². The number of urea groups is 1. The van der Waals surface area contributed by atoms with E-state index in [4.69, 9.17) is 0 Å². The molecule has 0 aromatic carbocycles. The molecule has 0 saturated heterocycles. The van der Waals surface area contributed by atoms with Gasteiger partial charge >= 0.3 is 6.03 Å². The minimum absolute atomic E-state index is 0.0196. The minimum atomic E-state index is 0.0196. The quantitative estimate of drug-likeness (QED) is 0.569. The van der Waals surface area contributed by atoms with Crippen molar-refractivity contribution in [3.8, 4) is 0 Å². The molecule has 0 aromatic heterocycles. The van der Waals surface area contributed by atoms with E-state index in [1.165, 1.54) is 0 Å². The zero-order chi connectivity index (χ0) is 9.80. The summed E-state index contributed by atoms with van der Waals surface area (Å²) < 4.78 is 0. The first-order chi connectivity index (χ1) is 6.88. The van der Waals surface area contributed by atoms with E-state index in [0.717, 1.165) is 0 Å². The molecule has 2 aliphatic rings. The van der Waals surface area contributed by atoms with Crippen LogP contribution in [0.2, 0.25) is 0 Å². The maximum atomic E-state index is 11.8. The third-order valence-corrected chi connectivity index (χ3v) is 2.12. The van der Waals surface area contributed by atoms with Crippen LogP contribution in [-0.2, 0) is 0 Å². The Labute approximate surface area is 83.3 Å². The highest BCUT2D eigenvalue weighted by Gasteiger charge is 2.16. The molecule has 2 aliphatic heterocycles. The molecule has 72 valence electrons. The molecule has 0 atom stereocenters. The average molecular weight is 188 g/mol. The van der Waals surface area contributed by atoms with Crippen LogP contribution in [0, 0.1) is 0 Å². The highest BCUT2D eigenvalue weighted by molar-refractivity contribution is 5.77.